The van der Waals surface area contributed by atoms with Gasteiger partial charge in [-0.25, -0.2) is 4.98 Å². The van der Waals surface area contributed by atoms with E-state index < -0.39 is 0 Å². The van der Waals surface area contributed by atoms with Gasteiger partial charge in [0.05, 0.1) is 0 Å². The quantitative estimate of drug-likeness (QED) is 0.0868. The van der Waals surface area contributed by atoms with Crippen LogP contribution in [-0.2, 0) is 13.0 Å². The molecule has 0 saturated carbocycles. The van der Waals surface area contributed by atoms with Crippen molar-refractivity contribution in [1.29, 1.82) is 0 Å². The molecule has 0 bridgehead atoms. The third-order valence-electron chi connectivity index (χ3n) is 8.79. The van der Waals surface area contributed by atoms with E-state index in [-0.39, 0.29) is 0 Å². The lowest BCUT2D eigenvalue weighted by Crippen LogP contribution is -2.21. The summed E-state index contributed by atoms with van der Waals surface area (Å²) in [6.45, 7) is 7.90. The Labute approximate surface area is 252 Å². The fourth-order valence-corrected chi connectivity index (χ4v) is 6.02. The third-order valence-corrected chi connectivity index (χ3v) is 8.79. The van der Waals surface area contributed by atoms with Gasteiger partial charge in [0.15, 0.2) is 0 Å². The van der Waals surface area contributed by atoms with E-state index in [0.29, 0.717) is 0 Å². The number of hydrogen-bond acceptors (Lipinski definition) is 2. The molecule has 40 heavy (non-hydrogen) atoms. The predicted octanol–water partition coefficient (Wildman–Crippen LogP) is 12.0. The molecule has 0 aromatic carbocycles. The Hall–Kier alpha value is -0.830. The standard InChI is InChI=1S/C37H73N3/c1-3-5-7-9-11-13-15-17-19-21-23-25-27-29-31-37-39-34-36-40(37)35-33-38-32-30-28-26-24-22-20-18-16-14-12-10-8-6-4-2/h34,36,38H,3-33,35H2,1-2H3. The van der Waals surface area contributed by atoms with Gasteiger partial charge in [-0.15, -0.1) is 0 Å². The fraction of sp³-hybridized carbons (Fsp3) is 0.919. The van der Waals surface area contributed by atoms with Crippen molar-refractivity contribution in [3.05, 3.63) is 18.2 Å². The van der Waals surface area contributed by atoms with Crippen LogP contribution in [0.3, 0.4) is 0 Å². The smallest absolute Gasteiger partial charge is 0.108 e. The summed E-state index contributed by atoms with van der Waals surface area (Å²) < 4.78 is 2.38. The number of imidazole rings is 1. The van der Waals surface area contributed by atoms with Gasteiger partial charge in [-0.3, -0.25) is 0 Å². The molecule has 1 N–H and O–H groups in total. The van der Waals surface area contributed by atoms with E-state index in [4.69, 9.17) is 0 Å². The molecule has 0 aliphatic carbocycles. The molecular formula is C37H73N3. The first-order chi connectivity index (χ1) is 19.9. The van der Waals surface area contributed by atoms with E-state index in [1.165, 1.54) is 192 Å². The van der Waals surface area contributed by atoms with Crippen LogP contribution < -0.4 is 5.32 Å². The van der Waals surface area contributed by atoms with Crippen molar-refractivity contribution in [2.24, 2.45) is 0 Å². The fourth-order valence-electron chi connectivity index (χ4n) is 6.02. The van der Waals surface area contributed by atoms with Crippen LogP contribution in [0, 0.1) is 0 Å². The summed E-state index contributed by atoms with van der Waals surface area (Å²) in [6.07, 6.45) is 45.3. The second-order valence-electron chi connectivity index (χ2n) is 12.7. The molecule has 0 aliphatic rings. The van der Waals surface area contributed by atoms with E-state index in [0.717, 1.165) is 19.5 Å². The van der Waals surface area contributed by atoms with Crippen LogP contribution in [0.25, 0.3) is 0 Å². The van der Waals surface area contributed by atoms with E-state index in [1.54, 1.807) is 0 Å². The minimum Gasteiger partial charge on any atom is -0.334 e. The highest BCUT2D eigenvalue weighted by atomic mass is 15.1. The predicted molar refractivity (Wildman–Crippen MR) is 179 cm³/mol. The van der Waals surface area contributed by atoms with Gasteiger partial charge in [0.1, 0.15) is 5.82 Å². The van der Waals surface area contributed by atoms with Gasteiger partial charge < -0.3 is 9.88 Å². The summed E-state index contributed by atoms with van der Waals surface area (Å²) in [5, 5.41) is 3.67. The Balaban J connectivity index is 1.82. The van der Waals surface area contributed by atoms with Gasteiger partial charge in [-0.1, -0.05) is 181 Å². The maximum Gasteiger partial charge on any atom is 0.108 e. The molecular weight excluding hydrogens is 486 g/mol. The first-order valence-electron chi connectivity index (χ1n) is 18.6. The highest BCUT2D eigenvalue weighted by Gasteiger charge is 2.03. The number of nitrogens with one attached hydrogen (secondary N) is 1. The zero-order chi connectivity index (χ0) is 28.6. The molecule has 1 aromatic heterocycles. The normalized spacial score (nSPS) is 11.6. The van der Waals surface area contributed by atoms with Crippen LogP contribution in [0.15, 0.2) is 12.4 Å². The second kappa shape index (κ2) is 31.1. The van der Waals surface area contributed by atoms with E-state index in [2.05, 4.69) is 34.9 Å². The van der Waals surface area contributed by atoms with Gasteiger partial charge in [-0.05, 0) is 19.4 Å². The van der Waals surface area contributed by atoms with E-state index in [1.807, 2.05) is 6.20 Å². The van der Waals surface area contributed by atoms with Crippen molar-refractivity contribution in [1.82, 2.24) is 14.9 Å². The molecule has 3 heteroatoms. The molecule has 1 aromatic rings. The number of hydrogen-bond donors (Lipinski definition) is 1. The minimum absolute atomic E-state index is 1.06. The number of aromatic nitrogens is 2. The summed E-state index contributed by atoms with van der Waals surface area (Å²) in [4.78, 5) is 4.65. The number of rotatable bonds is 33. The summed E-state index contributed by atoms with van der Waals surface area (Å²) in [5.74, 6) is 1.29. The van der Waals surface area contributed by atoms with Crippen LogP contribution in [0.1, 0.15) is 199 Å². The number of unbranched alkanes of at least 4 members (excludes halogenated alkanes) is 26. The molecule has 0 radical (unpaired) electrons. The summed E-state index contributed by atoms with van der Waals surface area (Å²) in [7, 11) is 0. The van der Waals surface area contributed by atoms with Crippen LogP contribution in [0.5, 0.6) is 0 Å². The largest absolute Gasteiger partial charge is 0.334 e. The minimum atomic E-state index is 1.06. The van der Waals surface area contributed by atoms with Crippen molar-refractivity contribution in [3.63, 3.8) is 0 Å². The first kappa shape index (κ1) is 37.2. The zero-order valence-electron chi connectivity index (χ0n) is 27.7. The summed E-state index contributed by atoms with van der Waals surface area (Å²) in [5.41, 5.74) is 0. The molecule has 0 atom stereocenters. The lowest BCUT2D eigenvalue weighted by atomic mass is 10.0. The molecule has 0 spiro atoms. The highest BCUT2D eigenvalue weighted by molar-refractivity contribution is 4.92. The molecule has 0 saturated heterocycles. The van der Waals surface area contributed by atoms with Gasteiger partial charge in [0, 0.05) is 31.9 Å². The van der Waals surface area contributed by atoms with Crippen LogP contribution in [0.2, 0.25) is 0 Å². The van der Waals surface area contributed by atoms with Crippen molar-refractivity contribution < 1.29 is 0 Å². The average molecular weight is 560 g/mol. The van der Waals surface area contributed by atoms with E-state index in [9.17, 15) is 0 Å². The Kier molecular flexibility index (Phi) is 28.9. The van der Waals surface area contributed by atoms with Gasteiger partial charge in [0.2, 0.25) is 0 Å². The Morgan fingerprint density at radius 3 is 1.27 bits per heavy atom. The molecule has 1 rings (SSSR count). The van der Waals surface area contributed by atoms with Crippen LogP contribution in [0.4, 0.5) is 0 Å². The van der Waals surface area contributed by atoms with Crippen LogP contribution in [-0.4, -0.2) is 22.6 Å². The van der Waals surface area contributed by atoms with Gasteiger partial charge in [-0.2, -0.15) is 0 Å². The Morgan fingerprint density at radius 2 is 0.850 bits per heavy atom. The molecule has 1 heterocycles. The van der Waals surface area contributed by atoms with Gasteiger partial charge in [0.25, 0.3) is 0 Å². The molecule has 3 nitrogen and oxygen atoms in total. The molecule has 0 amide bonds. The maximum atomic E-state index is 4.65. The lowest BCUT2D eigenvalue weighted by molar-refractivity contribution is 0.518. The van der Waals surface area contributed by atoms with Crippen molar-refractivity contribution in [2.75, 3.05) is 13.1 Å². The van der Waals surface area contributed by atoms with Crippen molar-refractivity contribution in [3.8, 4) is 0 Å². The van der Waals surface area contributed by atoms with Crippen LogP contribution >= 0.6 is 0 Å². The first-order valence-corrected chi connectivity index (χ1v) is 18.6. The second-order valence-corrected chi connectivity index (χ2v) is 12.7. The lowest BCUT2D eigenvalue weighted by Gasteiger charge is -2.09. The Bertz CT molecular complexity index is 596. The third kappa shape index (κ3) is 24.9. The highest BCUT2D eigenvalue weighted by Crippen LogP contribution is 2.15. The molecule has 236 valence electrons. The van der Waals surface area contributed by atoms with Crippen molar-refractivity contribution in [2.45, 2.75) is 207 Å². The molecule has 0 aliphatic heterocycles. The number of aryl methyl sites for hydroxylation is 1. The topological polar surface area (TPSA) is 29.9 Å². The van der Waals surface area contributed by atoms with Crippen molar-refractivity contribution >= 4 is 0 Å². The maximum absolute atomic E-state index is 4.65. The summed E-state index contributed by atoms with van der Waals surface area (Å²) >= 11 is 0. The van der Waals surface area contributed by atoms with E-state index >= 15 is 0 Å². The SMILES string of the molecule is CCCCCCCCCCCCCCCCNCCn1ccnc1CCCCCCCCCCCCCCCC. The molecule has 0 unspecified atom stereocenters. The molecule has 0 fully saturated rings. The Morgan fingerprint density at radius 1 is 0.475 bits per heavy atom. The average Bonchev–Trinajstić information content (AvgIpc) is 3.42. The summed E-state index contributed by atoms with van der Waals surface area (Å²) in [6, 6.07) is 0. The van der Waals surface area contributed by atoms with Gasteiger partial charge >= 0.3 is 0 Å². The monoisotopic (exact) mass is 560 g/mol. The number of nitrogens with zero attached hydrogens (tertiary/aromatic N) is 2. The zero-order valence-corrected chi connectivity index (χ0v) is 27.7.